The number of aromatic hydroxyl groups is 1. The van der Waals surface area contributed by atoms with Crippen molar-refractivity contribution in [2.45, 2.75) is 4.90 Å². The summed E-state index contributed by atoms with van der Waals surface area (Å²) in [6.07, 6.45) is 0. The van der Waals surface area contributed by atoms with E-state index >= 15 is 0 Å². The lowest BCUT2D eigenvalue weighted by molar-refractivity contribution is 0.0693. The molecule has 0 amide bonds. The van der Waals surface area contributed by atoms with Crippen LogP contribution in [-0.4, -0.2) is 31.7 Å². The number of anilines is 1. The molecule has 0 aliphatic rings. The molecule has 0 saturated carbocycles. The van der Waals surface area contributed by atoms with E-state index in [-0.39, 0.29) is 4.90 Å². The Balaban J connectivity index is 2.01. The number of carbonyl (C=O) groups is 1. The highest BCUT2D eigenvalue weighted by atomic mass is 32.2. The average Bonchev–Trinajstić information content (AvgIpc) is 2.73. The smallest absolute Gasteiger partial charge is 0.339 e. The van der Waals surface area contributed by atoms with Crippen LogP contribution in [0.25, 0.3) is 11.1 Å². The van der Waals surface area contributed by atoms with Gasteiger partial charge in [-0.25, -0.2) is 4.79 Å². The second-order valence-electron chi connectivity index (χ2n) is 5.95. The standard InChI is InChI=1S/C20H16FNO6S/c1-28-15-10-8-13(9-11-15)14-4-2-5-16(12-14)29(26,27)22(21)18-7-3-6-17(19(18)23)20(24)25/h2-12,23H,1H3,(H,24,25). The Kier molecular flexibility index (Phi) is 5.42. The van der Waals surface area contributed by atoms with E-state index in [9.17, 15) is 22.8 Å². The van der Waals surface area contributed by atoms with Crippen molar-refractivity contribution in [1.29, 1.82) is 0 Å². The van der Waals surface area contributed by atoms with Gasteiger partial charge in [-0.05, 0) is 47.5 Å². The first kappa shape index (κ1) is 20.2. The molecule has 7 nitrogen and oxygen atoms in total. The quantitative estimate of drug-likeness (QED) is 0.591. The van der Waals surface area contributed by atoms with Gasteiger partial charge >= 0.3 is 5.97 Å². The molecule has 0 fully saturated rings. The van der Waals surface area contributed by atoms with Gasteiger partial charge in [-0.15, -0.1) is 0 Å². The predicted molar refractivity (Wildman–Crippen MR) is 104 cm³/mol. The highest BCUT2D eigenvalue weighted by molar-refractivity contribution is 7.92. The molecule has 3 aromatic rings. The van der Waals surface area contributed by atoms with Gasteiger partial charge in [0.25, 0.3) is 10.0 Å². The van der Waals surface area contributed by atoms with Gasteiger partial charge < -0.3 is 14.9 Å². The lowest BCUT2D eigenvalue weighted by Crippen LogP contribution is -2.23. The minimum Gasteiger partial charge on any atom is -0.505 e. The molecule has 3 aromatic carbocycles. The van der Waals surface area contributed by atoms with Gasteiger partial charge in [0, 0.05) is 0 Å². The highest BCUT2D eigenvalue weighted by Gasteiger charge is 2.29. The van der Waals surface area contributed by atoms with Crippen LogP contribution in [0, 0.1) is 0 Å². The Bertz CT molecular complexity index is 1160. The van der Waals surface area contributed by atoms with E-state index in [1.807, 2.05) is 0 Å². The average molecular weight is 417 g/mol. The molecule has 0 aliphatic carbocycles. The lowest BCUT2D eigenvalue weighted by atomic mass is 10.1. The summed E-state index contributed by atoms with van der Waals surface area (Å²) in [5.41, 5.74) is -0.207. The third-order valence-electron chi connectivity index (χ3n) is 4.20. The maximum atomic E-state index is 14.8. The van der Waals surface area contributed by atoms with E-state index in [1.165, 1.54) is 25.3 Å². The van der Waals surface area contributed by atoms with Crippen LogP contribution < -0.4 is 9.26 Å². The zero-order chi connectivity index (χ0) is 21.2. The number of para-hydroxylation sites is 1. The number of aromatic carboxylic acids is 1. The largest absolute Gasteiger partial charge is 0.505 e. The van der Waals surface area contributed by atoms with Crippen molar-refractivity contribution in [3.05, 3.63) is 72.3 Å². The molecule has 0 heterocycles. The number of carboxylic acid groups (broad SMARTS) is 1. The molecule has 3 rings (SSSR count). The molecule has 0 radical (unpaired) electrons. The van der Waals surface area contributed by atoms with E-state index < -0.39 is 37.5 Å². The number of benzene rings is 3. The maximum Gasteiger partial charge on any atom is 0.339 e. The highest BCUT2D eigenvalue weighted by Crippen LogP contribution is 2.35. The third kappa shape index (κ3) is 3.85. The lowest BCUT2D eigenvalue weighted by Gasteiger charge is -2.17. The third-order valence-corrected chi connectivity index (χ3v) is 5.67. The summed E-state index contributed by atoms with van der Waals surface area (Å²) in [6.45, 7) is 0. The number of sulfonamides is 1. The van der Waals surface area contributed by atoms with E-state index in [1.54, 1.807) is 30.3 Å². The number of hydrogen-bond donors (Lipinski definition) is 2. The second kappa shape index (κ2) is 7.80. The number of carboxylic acids is 1. The molecule has 2 N–H and O–H groups in total. The topological polar surface area (TPSA) is 104 Å². The van der Waals surface area contributed by atoms with Gasteiger partial charge in [0.05, 0.1) is 12.0 Å². The number of halogens is 1. The Hall–Kier alpha value is -3.59. The SMILES string of the molecule is COc1ccc(-c2cccc(S(=O)(=O)N(F)c3cccc(C(=O)O)c3O)c2)cc1. The number of ether oxygens (including phenoxy) is 1. The van der Waals surface area contributed by atoms with Crippen LogP contribution in [0.3, 0.4) is 0 Å². The van der Waals surface area contributed by atoms with Crippen LogP contribution in [0.2, 0.25) is 0 Å². The van der Waals surface area contributed by atoms with E-state index in [0.717, 1.165) is 18.2 Å². The molecule has 150 valence electrons. The maximum absolute atomic E-state index is 14.8. The van der Waals surface area contributed by atoms with Crippen LogP contribution in [0.5, 0.6) is 11.5 Å². The number of nitrogens with zero attached hydrogens (tertiary/aromatic N) is 1. The van der Waals surface area contributed by atoms with Crippen molar-refractivity contribution in [2.24, 2.45) is 0 Å². The molecular formula is C20H16FNO6S. The fourth-order valence-electron chi connectivity index (χ4n) is 2.69. The van der Waals surface area contributed by atoms with Crippen molar-refractivity contribution >= 4 is 21.7 Å². The summed E-state index contributed by atoms with van der Waals surface area (Å²) in [6, 6.07) is 15.6. The van der Waals surface area contributed by atoms with Crippen LogP contribution in [0.15, 0.2) is 71.6 Å². The molecule has 0 aliphatic heterocycles. The van der Waals surface area contributed by atoms with E-state index in [4.69, 9.17) is 9.84 Å². The van der Waals surface area contributed by atoms with Crippen molar-refractivity contribution in [1.82, 2.24) is 0 Å². The van der Waals surface area contributed by atoms with Crippen molar-refractivity contribution in [3.63, 3.8) is 0 Å². The summed E-state index contributed by atoms with van der Waals surface area (Å²) < 4.78 is 44.7. The molecule has 0 saturated heterocycles. The zero-order valence-corrected chi connectivity index (χ0v) is 15.9. The van der Waals surface area contributed by atoms with Gasteiger partial charge in [0.15, 0.2) is 5.75 Å². The van der Waals surface area contributed by atoms with Gasteiger partial charge in [-0.1, -0.05) is 39.3 Å². The van der Waals surface area contributed by atoms with Crippen LogP contribution in [0.4, 0.5) is 10.2 Å². The van der Waals surface area contributed by atoms with Crippen molar-refractivity contribution < 1.29 is 32.6 Å². The Labute approximate surface area is 166 Å². The number of methoxy groups -OCH3 is 1. The first-order valence-corrected chi connectivity index (χ1v) is 9.70. The predicted octanol–water partition coefficient (Wildman–Crippen LogP) is 3.85. The first-order valence-electron chi connectivity index (χ1n) is 8.26. The van der Waals surface area contributed by atoms with Gasteiger partial charge in [0.1, 0.15) is 17.0 Å². The summed E-state index contributed by atoms with van der Waals surface area (Å²) >= 11 is 0. The summed E-state index contributed by atoms with van der Waals surface area (Å²) in [4.78, 5) is 10.7. The number of rotatable bonds is 6. The Morgan fingerprint density at radius 1 is 1.00 bits per heavy atom. The van der Waals surface area contributed by atoms with Gasteiger partial charge in [-0.2, -0.15) is 8.42 Å². The minimum atomic E-state index is -4.71. The van der Waals surface area contributed by atoms with Gasteiger partial charge in [-0.3, -0.25) is 0 Å². The summed E-state index contributed by atoms with van der Waals surface area (Å²) in [5, 5.41) is 19.0. The summed E-state index contributed by atoms with van der Waals surface area (Å²) in [7, 11) is -3.19. The van der Waals surface area contributed by atoms with Crippen LogP contribution in [-0.2, 0) is 10.0 Å². The van der Waals surface area contributed by atoms with Crippen molar-refractivity contribution in [3.8, 4) is 22.6 Å². The molecule has 0 unspecified atom stereocenters. The zero-order valence-electron chi connectivity index (χ0n) is 15.1. The molecule has 29 heavy (non-hydrogen) atoms. The number of phenols is 1. The molecule has 9 heteroatoms. The number of hydrogen-bond acceptors (Lipinski definition) is 5. The molecular weight excluding hydrogens is 401 g/mol. The Morgan fingerprint density at radius 2 is 1.66 bits per heavy atom. The van der Waals surface area contributed by atoms with E-state index in [0.29, 0.717) is 16.9 Å². The molecule has 0 aromatic heterocycles. The molecule has 0 atom stereocenters. The Morgan fingerprint density at radius 3 is 2.28 bits per heavy atom. The van der Waals surface area contributed by atoms with Gasteiger partial charge in [0.2, 0.25) is 0 Å². The monoisotopic (exact) mass is 417 g/mol. The van der Waals surface area contributed by atoms with Crippen LogP contribution >= 0.6 is 0 Å². The van der Waals surface area contributed by atoms with Crippen LogP contribution in [0.1, 0.15) is 10.4 Å². The minimum absolute atomic E-state index is 0.367. The van der Waals surface area contributed by atoms with Crippen molar-refractivity contribution in [2.75, 3.05) is 11.6 Å². The first-order chi connectivity index (χ1) is 13.8. The fourth-order valence-corrected chi connectivity index (χ4v) is 3.81. The summed E-state index contributed by atoms with van der Waals surface area (Å²) in [5.74, 6) is -1.88. The molecule has 0 spiro atoms. The normalized spacial score (nSPS) is 11.1. The molecule has 0 bridgehead atoms. The fraction of sp³-hybridized carbons (Fsp3) is 0.0500. The van der Waals surface area contributed by atoms with E-state index in [2.05, 4.69) is 0 Å². The second-order valence-corrected chi connectivity index (χ2v) is 7.70.